The van der Waals surface area contributed by atoms with E-state index >= 15 is 0 Å². The van der Waals surface area contributed by atoms with Crippen molar-refractivity contribution in [3.63, 3.8) is 0 Å². The summed E-state index contributed by atoms with van der Waals surface area (Å²) >= 11 is 0. The molecule has 6 heteroatoms. The summed E-state index contributed by atoms with van der Waals surface area (Å²) < 4.78 is 0. The molecule has 6 rings (SSSR count). The van der Waals surface area contributed by atoms with Crippen molar-refractivity contribution >= 4 is 39.6 Å². The van der Waals surface area contributed by atoms with Gasteiger partial charge in [-0.3, -0.25) is 14.5 Å². The van der Waals surface area contributed by atoms with E-state index in [0.29, 0.717) is 35.5 Å². The average Bonchev–Trinajstić information content (AvgIpc) is 3.35. The smallest absolute Gasteiger partial charge is 0.264 e. The van der Waals surface area contributed by atoms with Gasteiger partial charge in [-0.2, -0.15) is 0 Å². The summed E-state index contributed by atoms with van der Waals surface area (Å²) in [5.74, 6) is -1.11. The number of carbonyl (C=O) groups is 2. The number of hydrogen-bond donors (Lipinski definition) is 2. The lowest BCUT2D eigenvalue weighted by Crippen LogP contribution is -2.44. The van der Waals surface area contributed by atoms with E-state index in [-0.39, 0.29) is 12.5 Å². The number of aliphatic hydroxyl groups is 2. The predicted octanol–water partition coefficient (Wildman–Crippen LogP) is 5.44. The van der Waals surface area contributed by atoms with E-state index in [0.717, 1.165) is 22.0 Å². The largest absolute Gasteiger partial charge is 0.396 e. The van der Waals surface area contributed by atoms with Crippen LogP contribution < -0.4 is 9.80 Å². The molecule has 2 aliphatic rings. The van der Waals surface area contributed by atoms with E-state index < -0.39 is 17.4 Å². The molecule has 0 fully saturated rings. The quantitative estimate of drug-likeness (QED) is 0.329. The molecule has 4 aromatic carbocycles. The highest BCUT2D eigenvalue weighted by molar-refractivity contribution is 6.28. The first-order valence-corrected chi connectivity index (χ1v) is 12.8. The number of nitrogens with zero attached hydrogens (tertiary/aromatic N) is 2. The number of rotatable bonds is 7. The minimum absolute atomic E-state index is 0.0142. The summed E-state index contributed by atoms with van der Waals surface area (Å²) in [6, 6.07) is 26.6. The highest BCUT2D eigenvalue weighted by Gasteiger charge is 2.53. The molecule has 2 heterocycles. The lowest BCUT2D eigenvalue weighted by Gasteiger charge is -2.28. The molecule has 0 radical (unpaired) electrons. The van der Waals surface area contributed by atoms with Gasteiger partial charge < -0.3 is 15.1 Å². The number of hydrogen-bond acceptors (Lipinski definition) is 4. The average molecular weight is 505 g/mol. The van der Waals surface area contributed by atoms with Crippen molar-refractivity contribution in [3.05, 3.63) is 114 Å². The molecule has 2 N–H and O–H groups in total. The monoisotopic (exact) mass is 504 g/mol. The van der Waals surface area contributed by atoms with Gasteiger partial charge in [0.1, 0.15) is 0 Å². The van der Waals surface area contributed by atoms with Crippen molar-refractivity contribution < 1.29 is 19.8 Å². The van der Waals surface area contributed by atoms with Crippen LogP contribution in [0.15, 0.2) is 97.1 Å². The SMILES string of the molecule is C[C@@H](/C=C/CCO)[C@]1(O)C(=O)N(Cc2ccccc2)c2ccc(N3C(=O)c4cccc5cccc3c45)cc21. The Morgan fingerprint density at radius 1 is 0.921 bits per heavy atom. The van der Waals surface area contributed by atoms with Crippen molar-refractivity contribution in [2.24, 2.45) is 5.92 Å². The Balaban J connectivity index is 1.48. The molecule has 0 saturated carbocycles. The van der Waals surface area contributed by atoms with Gasteiger partial charge in [-0.25, -0.2) is 0 Å². The number of anilines is 3. The van der Waals surface area contributed by atoms with Gasteiger partial charge in [0.2, 0.25) is 0 Å². The van der Waals surface area contributed by atoms with Crippen LogP contribution in [0.1, 0.15) is 34.8 Å². The second-order valence-corrected chi connectivity index (χ2v) is 9.90. The van der Waals surface area contributed by atoms with Crippen LogP contribution in [-0.4, -0.2) is 28.6 Å². The standard InChI is InChI=1S/C32H28N2O4/c1-21(9-5-6-18-35)32(38)26-19-24(16-17-27(26)33(31(32)37)20-22-10-3-2-4-11-22)34-28-15-8-13-23-12-7-14-25(29(23)28)30(34)36/h2-5,7-17,19,21,35,38H,6,18,20H2,1H3/b9-5+/t21-,32+/m0/s1. The van der Waals surface area contributed by atoms with Gasteiger partial charge in [0.25, 0.3) is 11.8 Å². The first-order valence-electron chi connectivity index (χ1n) is 12.8. The lowest BCUT2D eigenvalue weighted by atomic mass is 9.82. The van der Waals surface area contributed by atoms with Crippen LogP contribution in [0.5, 0.6) is 0 Å². The van der Waals surface area contributed by atoms with E-state index in [4.69, 9.17) is 0 Å². The molecule has 0 spiro atoms. The van der Waals surface area contributed by atoms with Crippen LogP contribution in [0, 0.1) is 5.92 Å². The highest BCUT2D eigenvalue weighted by atomic mass is 16.3. The summed E-state index contributed by atoms with van der Waals surface area (Å²) in [6.45, 7) is 2.10. The minimum atomic E-state index is -1.83. The Morgan fingerprint density at radius 3 is 2.45 bits per heavy atom. The summed E-state index contributed by atoms with van der Waals surface area (Å²) in [5.41, 5.74) is 2.22. The number of amides is 2. The molecule has 0 bridgehead atoms. The minimum Gasteiger partial charge on any atom is -0.396 e. The van der Waals surface area contributed by atoms with Crippen LogP contribution in [-0.2, 0) is 16.9 Å². The number of aliphatic hydroxyl groups excluding tert-OH is 1. The zero-order chi connectivity index (χ0) is 26.4. The molecule has 0 unspecified atom stereocenters. The van der Waals surface area contributed by atoms with E-state index in [1.54, 1.807) is 34.9 Å². The number of benzene rings is 4. The fourth-order valence-corrected chi connectivity index (χ4v) is 5.68. The number of carbonyl (C=O) groups excluding carboxylic acids is 2. The van der Waals surface area contributed by atoms with Crippen molar-refractivity contribution in [1.82, 2.24) is 0 Å². The van der Waals surface area contributed by atoms with Crippen LogP contribution in [0.2, 0.25) is 0 Å². The Labute approximate surface area is 221 Å². The lowest BCUT2D eigenvalue weighted by molar-refractivity contribution is -0.139. The Morgan fingerprint density at radius 2 is 1.68 bits per heavy atom. The Bertz CT molecular complexity index is 1590. The van der Waals surface area contributed by atoms with E-state index in [9.17, 15) is 19.8 Å². The van der Waals surface area contributed by atoms with Crippen molar-refractivity contribution in [2.75, 3.05) is 16.4 Å². The van der Waals surface area contributed by atoms with Crippen LogP contribution in [0.25, 0.3) is 10.8 Å². The predicted molar refractivity (Wildman–Crippen MR) is 148 cm³/mol. The van der Waals surface area contributed by atoms with E-state index in [1.165, 1.54) is 0 Å². The fraction of sp³-hybridized carbons (Fsp3) is 0.188. The zero-order valence-corrected chi connectivity index (χ0v) is 21.0. The van der Waals surface area contributed by atoms with Crippen LogP contribution in [0.3, 0.4) is 0 Å². The molecule has 0 aromatic heterocycles. The summed E-state index contributed by atoms with van der Waals surface area (Å²) in [6.07, 6.45) is 3.98. The van der Waals surface area contributed by atoms with Crippen molar-refractivity contribution in [3.8, 4) is 0 Å². The van der Waals surface area contributed by atoms with Crippen molar-refractivity contribution in [1.29, 1.82) is 0 Å². The molecule has 0 saturated heterocycles. The van der Waals surface area contributed by atoms with Crippen LogP contribution in [0.4, 0.5) is 17.1 Å². The highest BCUT2D eigenvalue weighted by Crippen LogP contribution is 2.49. The van der Waals surface area contributed by atoms with Gasteiger partial charge in [0, 0.05) is 29.2 Å². The molecule has 2 atom stereocenters. The van der Waals surface area contributed by atoms with Gasteiger partial charge in [0.05, 0.1) is 23.5 Å². The Hall–Kier alpha value is -4.26. The summed E-state index contributed by atoms with van der Waals surface area (Å²) in [5, 5.41) is 23.2. The number of fused-ring (bicyclic) bond motifs is 1. The molecular formula is C32H28N2O4. The fourth-order valence-electron chi connectivity index (χ4n) is 5.68. The maximum atomic E-state index is 13.9. The zero-order valence-electron chi connectivity index (χ0n) is 21.0. The van der Waals surface area contributed by atoms with E-state index in [2.05, 4.69) is 0 Å². The first-order chi connectivity index (χ1) is 18.4. The normalized spacial score (nSPS) is 19.1. The second kappa shape index (κ2) is 9.24. The maximum absolute atomic E-state index is 13.9. The second-order valence-electron chi connectivity index (χ2n) is 9.90. The van der Waals surface area contributed by atoms with Gasteiger partial charge in [-0.1, -0.05) is 73.7 Å². The third-order valence-electron chi connectivity index (χ3n) is 7.63. The maximum Gasteiger partial charge on any atom is 0.264 e. The third-order valence-corrected chi connectivity index (χ3v) is 7.63. The van der Waals surface area contributed by atoms with E-state index in [1.807, 2.05) is 78.9 Å². The Kier molecular flexibility index (Phi) is 5.86. The molecule has 38 heavy (non-hydrogen) atoms. The van der Waals surface area contributed by atoms with Gasteiger partial charge >= 0.3 is 0 Å². The summed E-state index contributed by atoms with van der Waals surface area (Å²) in [4.78, 5) is 30.8. The van der Waals surface area contributed by atoms with Gasteiger partial charge in [-0.05, 0) is 47.7 Å². The van der Waals surface area contributed by atoms with Crippen LogP contribution >= 0.6 is 0 Å². The van der Waals surface area contributed by atoms with Gasteiger partial charge in [0.15, 0.2) is 5.60 Å². The summed E-state index contributed by atoms with van der Waals surface area (Å²) in [7, 11) is 0. The van der Waals surface area contributed by atoms with Crippen molar-refractivity contribution in [2.45, 2.75) is 25.5 Å². The molecule has 190 valence electrons. The molecular weight excluding hydrogens is 476 g/mol. The molecule has 0 aliphatic carbocycles. The van der Waals surface area contributed by atoms with Gasteiger partial charge in [-0.15, -0.1) is 0 Å². The molecule has 6 nitrogen and oxygen atoms in total. The molecule has 2 aliphatic heterocycles. The molecule has 2 amide bonds. The topological polar surface area (TPSA) is 81.1 Å². The first kappa shape index (κ1) is 24.1. The third kappa shape index (κ3) is 3.56. The molecule has 4 aromatic rings.